The second-order valence-electron chi connectivity index (χ2n) is 5.18. The van der Waals surface area contributed by atoms with E-state index in [-0.39, 0.29) is 21.5 Å². The van der Waals surface area contributed by atoms with Crippen molar-refractivity contribution >= 4 is 23.2 Å². The maximum Gasteiger partial charge on any atom is 0.429 e. The molecule has 0 aliphatic carbocycles. The molecule has 148 valence electrons. The first-order valence-corrected chi connectivity index (χ1v) is 8.03. The molecule has 6 nitrogen and oxygen atoms in total. The molecule has 13 heteroatoms. The lowest BCUT2D eigenvalue weighted by Gasteiger charge is -2.22. The van der Waals surface area contributed by atoms with Crippen LogP contribution in [0.15, 0.2) is 35.0 Å². The Morgan fingerprint density at radius 1 is 1.04 bits per heavy atom. The number of hydrogen-bond acceptors (Lipinski definition) is 6. The Balaban J connectivity index is 1.86. The van der Waals surface area contributed by atoms with Gasteiger partial charge in [0.1, 0.15) is 0 Å². The largest absolute Gasteiger partial charge is 0.445 e. The molecule has 28 heavy (non-hydrogen) atoms. The first kappa shape index (κ1) is 20.2. The Morgan fingerprint density at radius 3 is 2.29 bits per heavy atom. The average molecular weight is 441 g/mol. The number of ether oxygens (including phenoxy) is 1. The van der Waals surface area contributed by atoms with Gasteiger partial charge < -0.3 is 9.15 Å². The van der Waals surface area contributed by atoms with Crippen LogP contribution in [0.4, 0.5) is 22.0 Å². The molecule has 1 aromatic carbocycles. The third kappa shape index (κ3) is 4.30. The summed E-state index contributed by atoms with van der Waals surface area (Å²) in [6, 6.07) is 3.07. The molecule has 0 saturated heterocycles. The predicted molar refractivity (Wildman–Crippen MR) is 86.2 cm³/mol. The molecule has 0 bridgehead atoms. The maximum atomic E-state index is 13.4. The van der Waals surface area contributed by atoms with Gasteiger partial charge in [0.05, 0.1) is 15.6 Å². The highest BCUT2D eigenvalue weighted by atomic mass is 35.5. The van der Waals surface area contributed by atoms with Crippen LogP contribution in [0.1, 0.15) is 24.0 Å². The van der Waals surface area contributed by atoms with Crippen LogP contribution in [0.5, 0.6) is 6.01 Å². The highest BCUT2D eigenvalue weighted by Crippen LogP contribution is 2.41. The van der Waals surface area contributed by atoms with Crippen LogP contribution in [-0.4, -0.2) is 26.3 Å². The molecule has 1 atom stereocenters. The van der Waals surface area contributed by atoms with Gasteiger partial charge in [-0.05, 0) is 6.07 Å². The fourth-order valence-electron chi connectivity index (χ4n) is 2.06. The second kappa shape index (κ2) is 7.84. The van der Waals surface area contributed by atoms with Gasteiger partial charge in [-0.2, -0.15) is 22.0 Å². The van der Waals surface area contributed by atoms with Gasteiger partial charge in [-0.1, -0.05) is 35.3 Å². The Labute approximate surface area is 163 Å². The van der Waals surface area contributed by atoms with Crippen LogP contribution in [0.25, 0.3) is 11.5 Å². The van der Waals surface area contributed by atoms with Crippen molar-refractivity contribution in [3.63, 3.8) is 0 Å². The van der Waals surface area contributed by atoms with Crippen molar-refractivity contribution in [1.82, 2.24) is 20.2 Å². The summed E-state index contributed by atoms with van der Waals surface area (Å²) in [6.07, 6.45) is -8.34. The lowest BCUT2D eigenvalue weighted by Crippen LogP contribution is -2.27. The van der Waals surface area contributed by atoms with Crippen molar-refractivity contribution in [3.05, 3.63) is 52.1 Å². The summed E-state index contributed by atoms with van der Waals surface area (Å²) in [7, 11) is 0. The standard InChI is InChI=1S/C15H7Cl2F5N4O2/c16-8-3-1-2-7(9(8)17)10(15(20,21)22)27-14-23-4-6(5-24-14)12-25-26-13(28-12)11(18)19/h1-5,10-11H. The van der Waals surface area contributed by atoms with Crippen molar-refractivity contribution in [2.45, 2.75) is 18.7 Å². The summed E-state index contributed by atoms with van der Waals surface area (Å²) in [5.74, 6) is -1.24. The van der Waals surface area contributed by atoms with E-state index in [4.69, 9.17) is 32.4 Å². The number of halogens is 7. The van der Waals surface area contributed by atoms with E-state index in [0.717, 1.165) is 18.5 Å². The fraction of sp³-hybridized carbons (Fsp3) is 0.200. The zero-order chi connectivity index (χ0) is 20.5. The van der Waals surface area contributed by atoms with Crippen molar-refractivity contribution in [1.29, 1.82) is 0 Å². The Kier molecular flexibility index (Phi) is 5.66. The van der Waals surface area contributed by atoms with Crippen LogP contribution >= 0.6 is 23.2 Å². The van der Waals surface area contributed by atoms with Crippen LogP contribution in [0, 0.1) is 0 Å². The first-order chi connectivity index (χ1) is 13.2. The Morgan fingerprint density at radius 2 is 1.71 bits per heavy atom. The van der Waals surface area contributed by atoms with Gasteiger partial charge in [0.2, 0.25) is 6.10 Å². The van der Waals surface area contributed by atoms with Crippen LogP contribution in [0.3, 0.4) is 0 Å². The fourth-order valence-corrected chi connectivity index (χ4v) is 2.47. The quantitative estimate of drug-likeness (QED) is 0.490. The van der Waals surface area contributed by atoms with Crippen molar-refractivity contribution in [2.24, 2.45) is 0 Å². The van der Waals surface area contributed by atoms with Gasteiger partial charge in [0, 0.05) is 18.0 Å². The van der Waals surface area contributed by atoms with Gasteiger partial charge in [0.25, 0.3) is 11.8 Å². The smallest absolute Gasteiger partial charge is 0.429 e. The molecule has 2 aromatic heterocycles. The number of benzene rings is 1. The number of hydrogen-bond donors (Lipinski definition) is 0. The van der Waals surface area contributed by atoms with Crippen molar-refractivity contribution in [2.75, 3.05) is 0 Å². The summed E-state index contributed by atoms with van der Waals surface area (Å²) >= 11 is 11.6. The number of rotatable bonds is 5. The van der Waals surface area contributed by atoms with E-state index in [1.54, 1.807) is 0 Å². The van der Waals surface area contributed by atoms with Gasteiger partial charge in [-0.15, -0.1) is 10.2 Å². The zero-order valence-corrected chi connectivity index (χ0v) is 14.8. The highest BCUT2D eigenvalue weighted by Gasteiger charge is 2.45. The number of nitrogens with zero attached hydrogens (tertiary/aromatic N) is 4. The number of aromatic nitrogens is 4. The molecule has 3 aromatic rings. The topological polar surface area (TPSA) is 73.9 Å². The van der Waals surface area contributed by atoms with E-state index in [1.165, 1.54) is 12.1 Å². The van der Waals surface area contributed by atoms with E-state index in [1.807, 2.05) is 0 Å². The number of alkyl halides is 5. The minimum absolute atomic E-state index is 0.0103. The van der Waals surface area contributed by atoms with Crippen LogP contribution in [-0.2, 0) is 0 Å². The molecule has 0 amide bonds. The molecule has 0 saturated carbocycles. The molecule has 0 radical (unpaired) electrons. The van der Waals surface area contributed by atoms with Crippen molar-refractivity contribution in [3.8, 4) is 17.5 Å². The lowest BCUT2D eigenvalue weighted by atomic mass is 10.1. The highest BCUT2D eigenvalue weighted by molar-refractivity contribution is 6.42. The predicted octanol–water partition coefficient (Wildman–Crippen LogP) is 5.45. The Hall–Kier alpha value is -2.53. The minimum Gasteiger partial charge on any atom is -0.445 e. The monoisotopic (exact) mass is 440 g/mol. The molecule has 2 heterocycles. The molecular formula is C15H7Cl2F5N4O2. The first-order valence-electron chi connectivity index (χ1n) is 7.28. The van der Waals surface area contributed by atoms with Gasteiger partial charge in [-0.3, -0.25) is 0 Å². The Bertz CT molecular complexity index is 966. The van der Waals surface area contributed by atoms with Gasteiger partial charge in [0.15, 0.2) is 0 Å². The molecule has 1 unspecified atom stereocenters. The summed E-state index contributed by atoms with van der Waals surface area (Å²) < 4.78 is 74.8. The normalized spacial score (nSPS) is 13.0. The summed E-state index contributed by atoms with van der Waals surface area (Å²) in [6.45, 7) is 0. The minimum atomic E-state index is -4.85. The van der Waals surface area contributed by atoms with Crippen LogP contribution in [0.2, 0.25) is 10.0 Å². The third-order valence-electron chi connectivity index (χ3n) is 3.29. The summed E-state index contributed by atoms with van der Waals surface area (Å²) in [5.41, 5.74) is -0.413. The van der Waals surface area contributed by atoms with Crippen LogP contribution < -0.4 is 4.74 Å². The van der Waals surface area contributed by atoms with E-state index >= 15 is 0 Å². The molecule has 0 aliphatic heterocycles. The maximum absolute atomic E-state index is 13.4. The van der Waals surface area contributed by atoms with E-state index in [2.05, 4.69) is 20.2 Å². The molecule has 0 spiro atoms. The van der Waals surface area contributed by atoms with E-state index in [9.17, 15) is 22.0 Å². The lowest BCUT2D eigenvalue weighted by molar-refractivity contribution is -0.199. The molecule has 0 aliphatic rings. The molecule has 3 rings (SSSR count). The summed E-state index contributed by atoms with van der Waals surface area (Å²) in [4.78, 5) is 7.23. The molecule has 0 N–H and O–H groups in total. The SMILES string of the molecule is FC(F)c1nnc(-c2cnc(OC(c3cccc(Cl)c3Cl)C(F)(F)F)nc2)o1. The second-order valence-corrected chi connectivity index (χ2v) is 5.97. The van der Waals surface area contributed by atoms with E-state index < -0.39 is 36.2 Å². The molecule has 0 fully saturated rings. The summed E-state index contributed by atoms with van der Waals surface area (Å²) in [5, 5.41) is 6.09. The third-order valence-corrected chi connectivity index (χ3v) is 4.12. The van der Waals surface area contributed by atoms with Crippen molar-refractivity contribution < 1.29 is 31.1 Å². The molecular weight excluding hydrogens is 434 g/mol. The average Bonchev–Trinajstić information content (AvgIpc) is 3.12. The van der Waals surface area contributed by atoms with Gasteiger partial charge in [-0.25, -0.2) is 9.97 Å². The van der Waals surface area contributed by atoms with E-state index in [0.29, 0.717) is 0 Å². The van der Waals surface area contributed by atoms with Gasteiger partial charge >= 0.3 is 18.6 Å². The zero-order valence-electron chi connectivity index (χ0n) is 13.3.